The Hall–Kier alpha value is -8.19. The summed E-state index contributed by atoms with van der Waals surface area (Å²) in [6.45, 7) is -0.268. The van der Waals surface area contributed by atoms with Gasteiger partial charge in [0.1, 0.15) is 23.1 Å². The molecular weight excluding hydrogens is 836 g/mol. The van der Waals surface area contributed by atoms with Crippen LogP contribution in [0.3, 0.4) is 0 Å². The van der Waals surface area contributed by atoms with Crippen molar-refractivity contribution in [1.82, 2.24) is 4.98 Å². The standard InChI is InChI=1S/C59H37B2N3O2S/c1-5-19-38(20-6-1)40-33-50-56-55(34-40)67-54-32-18-15-29-46(54)61(56)47-37-48-59(62-58(47)64(50)49-30-16-13-27-44(49)39-21-7-2-8-22-39)66-53-36-43(35-52-57(53)60(48)45-28-14-17-31-51(45)65-52)63(41-23-9-3-10-24-41)42-25-11-4-12-26-42/h1-37H. The van der Waals surface area contributed by atoms with Crippen LogP contribution in [0.2, 0.25) is 0 Å². The van der Waals surface area contributed by atoms with Crippen molar-refractivity contribution in [1.29, 1.82) is 0 Å². The molecular formula is C59H37B2N3O2S. The number of anilines is 6. The molecule has 5 nitrogen and oxygen atoms in total. The Balaban J connectivity index is 1.04. The first-order chi connectivity index (χ1) is 33.2. The third-order valence-corrected chi connectivity index (χ3v) is 14.8. The minimum atomic E-state index is -0.188. The number of rotatable bonds is 6. The summed E-state index contributed by atoms with van der Waals surface area (Å²) in [5.74, 6) is 3.77. The van der Waals surface area contributed by atoms with Crippen molar-refractivity contribution >= 4 is 92.2 Å². The maximum absolute atomic E-state index is 7.28. The fourth-order valence-corrected chi connectivity index (χ4v) is 12.0. The van der Waals surface area contributed by atoms with Gasteiger partial charge in [0.25, 0.3) is 13.4 Å². The number of pyridine rings is 1. The molecule has 0 unspecified atom stereocenters. The lowest BCUT2D eigenvalue weighted by atomic mass is 9.32. The van der Waals surface area contributed by atoms with Crippen LogP contribution in [-0.4, -0.2) is 18.4 Å². The summed E-state index contributed by atoms with van der Waals surface area (Å²) >= 11 is 1.87. The summed E-state index contributed by atoms with van der Waals surface area (Å²) in [7, 11) is 0. The highest BCUT2D eigenvalue weighted by molar-refractivity contribution is 8.00. The number of nitrogens with zero attached hydrogens (tertiary/aromatic N) is 3. The minimum absolute atomic E-state index is 0.0798. The number of hydrogen-bond donors (Lipinski definition) is 0. The second kappa shape index (κ2) is 15.2. The van der Waals surface area contributed by atoms with E-state index in [4.69, 9.17) is 14.5 Å². The summed E-state index contributed by atoms with van der Waals surface area (Å²) in [5, 5.41) is 0. The van der Waals surface area contributed by atoms with Gasteiger partial charge in [0.2, 0.25) is 5.88 Å². The van der Waals surface area contributed by atoms with Crippen LogP contribution >= 0.6 is 11.8 Å². The third-order valence-electron chi connectivity index (χ3n) is 13.6. The topological polar surface area (TPSA) is 37.8 Å². The molecule has 0 saturated heterocycles. The van der Waals surface area contributed by atoms with E-state index in [0.29, 0.717) is 5.88 Å². The average molecular weight is 874 g/mol. The predicted octanol–water partition coefficient (Wildman–Crippen LogP) is 11.4. The van der Waals surface area contributed by atoms with Crippen molar-refractivity contribution < 1.29 is 9.47 Å². The molecule has 1 aromatic heterocycles. The van der Waals surface area contributed by atoms with Crippen molar-refractivity contribution in [3.8, 4) is 45.4 Å². The van der Waals surface area contributed by atoms with Gasteiger partial charge in [-0.1, -0.05) is 175 Å². The Bertz CT molecular complexity index is 3560. The van der Waals surface area contributed by atoms with E-state index in [1.54, 1.807) is 0 Å². The van der Waals surface area contributed by atoms with Crippen LogP contribution in [0, 0.1) is 0 Å². The van der Waals surface area contributed by atoms with Crippen molar-refractivity contribution in [2.24, 2.45) is 0 Å². The van der Waals surface area contributed by atoms with Gasteiger partial charge in [-0.25, -0.2) is 0 Å². The molecule has 8 heteroatoms. The van der Waals surface area contributed by atoms with Gasteiger partial charge in [-0.05, 0) is 93.1 Å². The molecule has 0 spiro atoms. The van der Waals surface area contributed by atoms with Crippen LogP contribution in [0.25, 0.3) is 22.3 Å². The first-order valence-corrected chi connectivity index (χ1v) is 23.6. The number of benzene rings is 9. The summed E-state index contributed by atoms with van der Waals surface area (Å²) < 4.78 is 14.2. The van der Waals surface area contributed by atoms with Crippen LogP contribution < -0.4 is 52.1 Å². The van der Waals surface area contributed by atoms with E-state index in [-0.39, 0.29) is 13.4 Å². The van der Waals surface area contributed by atoms with Crippen LogP contribution in [0.5, 0.6) is 23.1 Å². The highest BCUT2D eigenvalue weighted by Gasteiger charge is 2.47. The molecule has 0 radical (unpaired) electrons. The van der Waals surface area contributed by atoms with Crippen LogP contribution in [-0.2, 0) is 0 Å². The molecule has 10 aromatic rings. The van der Waals surface area contributed by atoms with Gasteiger partial charge >= 0.3 is 0 Å². The smallest absolute Gasteiger partial charge is 0.262 e. The Morgan fingerprint density at radius 2 is 1.00 bits per heavy atom. The minimum Gasteiger partial charge on any atom is -0.458 e. The monoisotopic (exact) mass is 873 g/mol. The Labute approximate surface area is 394 Å². The fraction of sp³-hybridized carbons (Fsp3) is 0. The van der Waals surface area contributed by atoms with E-state index in [1.807, 2.05) is 23.9 Å². The largest absolute Gasteiger partial charge is 0.458 e. The first-order valence-electron chi connectivity index (χ1n) is 22.8. The van der Waals surface area contributed by atoms with E-state index < -0.39 is 0 Å². The Morgan fingerprint density at radius 1 is 0.403 bits per heavy atom. The van der Waals surface area contributed by atoms with E-state index in [2.05, 4.69) is 222 Å². The highest BCUT2D eigenvalue weighted by atomic mass is 32.2. The van der Waals surface area contributed by atoms with Gasteiger partial charge in [-0.15, -0.1) is 0 Å². The van der Waals surface area contributed by atoms with Gasteiger partial charge in [0.15, 0.2) is 0 Å². The number of fused-ring (bicyclic) bond motifs is 8. The molecule has 0 aliphatic carbocycles. The summed E-state index contributed by atoms with van der Waals surface area (Å²) in [5.41, 5.74) is 16.6. The maximum Gasteiger partial charge on any atom is 0.262 e. The van der Waals surface area contributed by atoms with Gasteiger partial charge < -0.3 is 14.4 Å². The summed E-state index contributed by atoms with van der Waals surface area (Å²) in [6.07, 6.45) is 0. The Morgan fingerprint density at radius 3 is 1.75 bits per heavy atom. The van der Waals surface area contributed by atoms with E-state index in [9.17, 15) is 0 Å². The molecule has 4 aliphatic heterocycles. The molecule has 0 N–H and O–H groups in total. The second-order valence-corrected chi connectivity index (χ2v) is 18.5. The van der Waals surface area contributed by atoms with Crippen LogP contribution in [0.1, 0.15) is 0 Å². The van der Waals surface area contributed by atoms with Gasteiger partial charge in [-0.3, -0.25) is 4.90 Å². The fourth-order valence-electron chi connectivity index (χ4n) is 10.7. The molecule has 14 rings (SSSR count). The first kappa shape index (κ1) is 38.1. The molecule has 9 aromatic carbocycles. The lowest BCUT2D eigenvalue weighted by Crippen LogP contribution is -2.63. The third kappa shape index (κ3) is 6.03. The number of para-hydroxylation sites is 4. The predicted molar refractivity (Wildman–Crippen MR) is 277 cm³/mol. The van der Waals surface area contributed by atoms with Gasteiger partial charge in [0, 0.05) is 50.0 Å². The summed E-state index contributed by atoms with van der Waals surface area (Å²) in [4.78, 5) is 13.0. The molecule has 5 heterocycles. The quantitative estimate of drug-likeness (QED) is 0.155. The van der Waals surface area contributed by atoms with Crippen molar-refractivity contribution in [3.05, 3.63) is 224 Å². The maximum atomic E-state index is 7.28. The van der Waals surface area contributed by atoms with Gasteiger partial charge in [-0.2, -0.15) is 4.98 Å². The zero-order valence-electron chi connectivity index (χ0n) is 36.1. The van der Waals surface area contributed by atoms with E-state index in [1.165, 1.54) is 26.3 Å². The van der Waals surface area contributed by atoms with Crippen LogP contribution in [0.15, 0.2) is 234 Å². The normalized spacial score (nSPS) is 13.2. The molecule has 0 atom stereocenters. The second-order valence-electron chi connectivity index (χ2n) is 17.4. The summed E-state index contributed by atoms with van der Waals surface area (Å²) in [6, 6.07) is 80.0. The zero-order valence-corrected chi connectivity index (χ0v) is 36.9. The average Bonchev–Trinajstić information content (AvgIpc) is 3.39. The van der Waals surface area contributed by atoms with Crippen molar-refractivity contribution in [3.63, 3.8) is 0 Å². The molecule has 4 aliphatic rings. The molecule has 67 heavy (non-hydrogen) atoms. The number of aromatic nitrogens is 1. The molecule has 0 bridgehead atoms. The molecule has 0 amide bonds. The van der Waals surface area contributed by atoms with Crippen molar-refractivity contribution in [2.45, 2.75) is 9.79 Å². The number of ether oxygens (including phenoxy) is 2. The highest BCUT2D eigenvalue weighted by Crippen LogP contribution is 2.48. The number of hydrogen-bond acceptors (Lipinski definition) is 6. The Kier molecular flexibility index (Phi) is 8.64. The lowest BCUT2D eigenvalue weighted by molar-refractivity contribution is 0.454. The molecule has 0 saturated carbocycles. The van der Waals surface area contributed by atoms with E-state index in [0.717, 1.165) is 90.0 Å². The molecule has 312 valence electrons. The SMILES string of the molecule is c1ccc(-c2cc3c4c(c2)N(c2ccccc2-c2ccccc2)c2nc5c(cc2B4c2ccccc2S3)B2c3ccccc3Oc3cc(N(c4ccccc4)c4ccccc4)cc(c32)O5)cc1. The van der Waals surface area contributed by atoms with E-state index >= 15 is 0 Å². The molecule has 0 fully saturated rings. The van der Waals surface area contributed by atoms with Gasteiger partial charge in [0.05, 0.1) is 11.4 Å². The van der Waals surface area contributed by atoms with Crippen molar-refractivity contribution in [2.75, 3.05) is 9.80 Å². The zero-order chi connectivity index (χ0) is 44.0. The lowest BCUT2D eigenvalue weighted by Gasteiger charge is -2.41. The van der Waals surface area contributed by atoms with Crippen LogP contribution in [0.4, 0.5) is 34.3 Å².